The molecular formula is C21H31N2O4+. The number of carbonyl (C=O) groups is 1. The Kier molecular flexibility index (Phi) is 6.98. The lowest BCUT2D eigenvalue weighted by Gasteiger charge is -2.30. The molecule has 1 unspecified atom stereocenters. The van der Waals surface area contributed by atoms with Gasteiger partial charge >= 0.3 is 0 Å². The maximum absolute atomic E-state index is 12.1. The second kappa shape index (κ2) is 9.65. The molecule has 1 aromatic rings. The fourth-order valence-corrected chi connectivity index (χ4v) is 3.77. The number of likely N-dealkylation sites (tertiary alicyclic amines) is 1. The number of carbonyl (C=O) groups excluding carboxylic acids is 1. The van der Waals surface area contributed by atoms with Crippen molar-refractivity contribution in [2.24, 2.45) is 0 Å². The summed E-state index contributed by atoms with van der Waals surface area (Å²) in [4.78, 5) is 13.8. The van der Waals surface area contributed by atoms with Crippen LogP contribution in [0.25, 0.3) is 6.08 Å². The van der Waals surface area contributed by atoms with Crippen molar-refractivity contribution in [3.63, 3.8) is 0 Å². The van der Waals surface area contributed by atoms with Crippen LogP contribution >= 0.6 is 0 Å². The van der Waals surface area contributed by atoms with Gasteiger partial charge in [0.2, 0.25) is 11.7 Å². The number of piperidine rings is 1. The molecule has 6 heteroatoms. The van der Waals surface area contributed by atoms with E-state index in [1.54, 1.807) is 24.2 Å². The molecule has 0 aliphatic carbocycles. The molecule has 0 spiro atoms. The number of amides is 1. The molecule has 1 aromatic carbocycles. The van der Waals surface area contributed by atoms with Gasteiger partial charge < -0.3 is 24.4 Å². The van der Waals surface area contributed by atoms with Crippen LogP contribution in [0.1, 0.15) is 38.2 Å². The lowest BCUT2D eigenvalue weighted by molar-refractivity contribution is -0.928. The van der Waals surface area contributed by atoms with E-state index in [0.29, 0.717) is 37.0 Å². The quantitative estimate of drug-likeness (QED) is 0.559. The number of nitrogens with one attached hydrogen (secondary N) is 2. The molecular weight excluding hydrogens is 344 g/mol. The number of methoxy groups -OCH3 is 1. The van der Waals surface area contributed by atoms with Gasteiger partial charge in [-0.05, 0) is 50.0 Å². The van der Waals surface area contributed by atoms with Crippen molar-refractivity contribution < 1.29 is 23.9 Å². The standard InChI is InChI=1S/C21H30N2O4/c1-16-6-3-4-10-23(16)11-5-9-22-20(24)8-7-17-14-18(25-2)21-19(15-17)26-12-13-27-21/h7-8,14-16H,3-6,9-13H2,1-2H3,(H,22,24)/p+1/b8-7+/t16-/m0/s1. The third kappa shape index (κ3) is 5.39. The summed E-state index contributed by atoms with van der Waals surface area (Å²) in [5, 5.41) is 2.97. The zero-order chi connectivity index (χ0) is 19.1. The van der Waals surface area contributed by atoms with E-state index in [1.165, 1.54) is 25.8 Å². The summed E-state index contributed by atoms with van der Waals surface area (Å²) < 4.78 is 16.6. The van der Waals surface area contributed by atoms with Gasteiger partial charge in [-0.1, -0.05) is 0 Å². The van der Waals surface area contributed by atoms with Crippen molar-refractivity contribution in [2.45, 2.75) is 38.6 Å². The molecule has 0 saturated carbocycles. The first-order valence-electron chi connectivity index (χ1n) is 9.95. The van der Waals surface area contributed by atoms with Gasteiger partial charge in [0, 0.05) is 19.0 Å². The Morgan fingerprint density at radius 2 is 2.19 bits per heavy atom. The van der Waals surface area contributed by atoms with Gasteiger partial charge in [-0.3, -0.25) is 4.79 Å². The number of ether oxygens (including phenoxy) is 3. The first kappa shape index (κ1) is 19.5. The Morgan fingerprint density at radius 1 is 1.33 bits per heavy atom. The Hall–Kier alpha value is -2.21. The molecule has 1 amide bonds. The molecule has 148 valence electrons. The van der Waals surface area contributed by atoms with Gasteiger partial charge in [-0.2, -0.15) is 0 Å². The van der Waals surface area contributed by atoms with Crippen LogP contribution in [0, 0.1) is 0 Å². The molecule has 2 heterocycles. The molecule has 3 rings (SSSR count). The molecule has 2 aliphatic heterocycles. The number of benzene rings is 1. The normalized spacial score (nSPS) is 21.9. The molecule has 0 aromatic heterocycles. The fourth-order valence-electron chi connectivity index (χ4n) is 3.77. The summed E-state index contributed by atoms with van der Waals surface area (Å²) in [6.45, 7) is 6.47. The molecule has 2 aliphatic rings. The minimum absolute atomic E-state index is 0.0782. The van der Waals surface area contributed by atoms with Gasteiger partial charge in [0.15, 0.2) is 11.5 Å². The molecule has 0 bridgehead atoms. The Labute approximate surface area is 161 Å². The van der Waals surface area contributed by atoms with Gasteiger partial charge in [0.05, 0.1) is 26.2 Å². The molecule has 1 saturated heterocycles. The topological polar surface area (TPSA) is 61.2 Å². The Morgan fingerprint density at radius 3 is 3.00 bits per heavy atom. The zero-order valence-electron chi connectivity index (χ0n) is 16.4. The first-order valence-corrected chi connectivity index (χ1v) is 9.95. The number of hydrogen-bond donors (Lipinski definition) is 2. The highest BCUT2D eigenvalue weighted by Gasteiger charge is 2.21. The zero-order valence-corrected chi connectivity index (χ0v) is 16.4. The van der Waals surface area contributed by atoms with E-state index in [1.807, 2.05) is 12.1 Å². The van der Waals surface area contributed by atoms with Crippen molar-refractivity contribution in [3.05, 3.63) is 23.8 Å². The molecule has 0 radical (unpaired) electrons. The van der Waals surface area contributed by atoms with Crippen LogP contribution in [-0.2, 0) is 4.79 Å². The van der Waals surface area contributed by atoms with Crippen molar-refractivity contribution >= 4 is 12.0 Å². The summed E-state index contributed by atoms with van der Waals surface area (Å²) in [5.74, 6) is 1.82. The van der Waals surface area contributed by atoms with E-state index in [9.17, 15) is 4.79 Å². The van der Waals surface area contributed by atoms with Crippen LogP contribution in [0.3, 0.4) is 0 Å². The smallest absolute Gasteiger partial charge is 0.244 e. The Bertz CT molecular complexity index is 657. The molecule has 6 nitrogen and oxygen atoms in total. The number of hydrogen-bond acceptors (Lipinski definition) is 4. The van der Waals surface area contributed by atoms with Crippen molar-refractivity contribution in [1.29, 1.82) is 0 Å². The monoisotopic (exact) mass is 375 g/mol. The van der Waals surface area contributed by atoms with Crippen LogP contribution in [0.15, 0.2) is 18.2 Å². The summed E-state index contributed by atoms with van der Waals surface area (Å²) in [6, 6.07) is 4.46. The van der Waals surface area contributed by atoms with Crippen molar-refractivity contribution in [3.8, 4) is 17.2 Å². The van der Waals surface area contributed by atoms with E-state index in [-0.39, 0.29) is 5.91 Å². The van der Waals surface area contributed by atoms with Crippen LogP contribution < -0.4 is 24.4 Å². The highest BCUT2D eigenvalue weighted by Crippen LogP contribution is 2.40. The van der Waals surface area contributed by atoms with Gasteiger partial charge in [-0.15, -0.1) is 0 Å². The number of fused-ring (bicyclic) bond motifs is 1. The van der Waals surface area contributed by atoms with E-state index >= 15 is 0 Å². The average molecular weight is 375 g/mol. The number of rotatable bonds is 7. The van der Waals surface area contributed by atoms with E-state index in [2.05, 4.69) is 12.2 Å². The highest BCUT2D eigenvalue weighted by atomic mass is 16.6. The molecule has 2 atom stereocenters. The van der Waals surface area contributed by atoms with Gasteiger partial charge in [0.25, 0.3) is 0 Å². The van der Waals surface area contributed by atoms with Crippen LogP contribution in [0.4, 0.5) is 0 Å². The highest BCUT2D eigenvalue weighted by molar-refractivity contribution is 5.91. The average Bonchev–Trinajstić information content (AvgIpc) is 2.70. The summed E-state index contributed by atoms with van der Waals surface area (Å²) in [6.07, 6.45) is 8.35. The van der Waals surface area contributed by atoms with Crippen LogP contribution in [-0.4, -0.2) is 51.9 Å². The van der Waals surface area contributed by atoms with Crippen molar-refractivity contribution in [1.82, 2.24) is 5.32 Å². The minimum atomic E-state index is -0.0782. The Balaban J connectivity index is 1.47. The second-order valence-corrected chi connectivity index (χ2v) is 7.28. The van der Waals surface area contributed by atoms with Crippen molar-refractivity contribution in [2.75, 3.05) is 40.0 Å². The van der Waals surface area contributed by atoms with E-state index in [0.717, 1.165) is 24.6 Å². The lowest BCUT2D eigenvalue weighted by Crippen LogP contribution is -3.16. The maximum atomic E-state index is 12.1. The predicted octanol–water partition coefficient (Wildman–Crippen LogP) is 1.44. The SMILES string of the molecule is COc1cc(/C=C/C(=O)NCCC[NH+]2CCCC[C@@H]2C)cc2c1OCCO2. The summed E-state index contributed by atoms with van der Waals surface area (Å²) in [7, 11) is 1.60. The van der Waals surface area contributed by atoms with Crippen LogP contribution in [0.2, 0.25) is 0 Å². The molecule has 1 fully saturated rings. The third-order valence-electron chi connectivity index (χ3n) is 5.33. The fraction of sp³-hybridized carbons (Fsp3) is 0.571. The van der Waals surface area contributed by atoms with Crippen LogP contribution in [0.5, 0.6) is 17.2 Å². The predicted molar refractivity (Wildman–Crippen MR) is 105 cm³/mol. The summed E-state index contributed by atoms with van der Waals surface area (Å²) >= 11 is 0. The third-order valence-corrected chi connectivity index (χ3v) is 5.33. The number of quaternary nitrogens is 1. The first-order chi connectivity index (χ1) is 13.2. The molecule has 27 heavy (non-hydrogen) atoms. The van der Waals surface area contributed by atoms with Gasteiger partial charge in [-0.25, -0.2) is 0 Å². The van der Waals surface area contributed by atoms with Gasteiger partial charge in [0.1, 0.15) is 13.2 Å². The maximum Gasteiger partial charge on any atom is 0.244 e. The largest absolute Gasteiger partial charge is 0.493 e. The summed E-state index contributed by atoms with van der Waals surface area (Å²) in [5.41, 5.74) is 0.845. The minimum Gasteiger partial charge on any atom is -0.493 e. The molecule has 2 N–H and O–H groups in total. The second-order valence-electron chi connectivity index (χ2n) is 7.28. The lowest BCUT2D eigenvalue weighted by atomic mass is 10.0. The van der Waals surface area contributed by atoms with E-state index < -0.39 is 0 Å². The van der Waals surface area contributed by atoms with E-state index in [4.69, 9.17) is 14.2 Å².